The Labute approximate surface area is 373 Å². The van der Waals surface area contributed by atoms with Crippen molar-refractivity contribution in [1.29, 1.82) is 0 Å². The van der Waals surface area contributed by atoms with E-state index in [4.69, 9.17) is 9.47 Å². The standard InChI is InChI=1S/C55H100O5/c1-3-5-7-9-11-13-15-17-19-21-23-25-27-29-31-33-35-37-39-41-43-45-47-49-54(57)59-52-53(51-56)60-55(58)50-48-46-44-42-40-38-36-34-32-30-28-26-24-22-20-18-16-14-12-10-8-6-4-2/h16,18,21-24,28,30,53,56H,3-15,17,19-20,25-27,29,31-52H2,1-2H3/b18-16-,23-21-,24-22-,30-28-. The molecule has 1 N–H and O–H groups in total. The molecule has 0 rings (SSSR count). The molecule has 0 spiro atoms. The fraction of sp³-hybridized carbons (Fsp3) is 0.818. The number of allylic oxidation sites excluding steroid dienone is 8. The van der Waals surface area contributed by atoms with E-state index in [0.29, 0.717) is 12.8 Å². The number of ether oxygens (including phenoxy) is 2. The second kappa shape index (κ2) is 51.2. The van der Waals surface area contributed by atoms with Crippen molar-refractivity contribution in [1.82, 2.24) is 0 Å². The molecule has 5 nitrogen and oxygen atoms in total. The molecule has 0 aromatic rings. The van der Waals surface area contributed by atoms with Crippen molar-refractivity contribution in [3.05, 3.63) is 48.6 Å². The number of carbonyl (C=O) groups excluding carboxylic acids is 2. The van der Waals surface area contributed by atoms with Crippen molar-refractivity contribution in [2.45, 2.75) is 277 Å². The summed E-state index contributed by atoms with van der Waals surface area (Å²) in [7, 11) is 0. The molecule has 5 heteroatoms. The van der Waals surface area contributed by atoms with E-state index in [1.807, 2.05) is 0 Å². The Morgan fingerprint density at radius 1 is 0.383 bits per heavy atom. The molecular formula is C55H100O5. The first kappa shape index (κ1) is 57.9. The van der Waals surface area contributed by atoms with Crippen LogP contribution in [0.25, 0.3) is 0 Å². The highest BCUT2D eigenvalue weighted by Gasteiger charge is 2.16. The third-order valence-corrected chi connectivity index (χ3v) is 11.6. The van der Waals surface area contributed by atoms with Gasteiger partial charge in [-0.3, -0.25) is 9.59 Å². The van der Waals surface area contributed by atoms with Gasteiger partial charge in [0.2, 0.25) is 0 Å². The lowest BCUT2D eigenvalue weighted by atomic mass is 10.0. The highest BCUT2D eigenvalue weighted by molar-refractivity contribution is 5.70. The van der Waals surface area contributed by atoms with Gasteiger partial charge in [0.05, 0.1) is 6.61 Å². The summed E-state index contributed by atoms with van der Waals surface area (Å²) in [6, 6.07) is 0. The van der Waals surface area contributed by atoms with E-state index in [0.717, 1.165) is 51.4 Å². The van der Waals surface area contributed by atoms with Gasteiger partial charge in [-0.15, -0.1) is 0 Å². The molecule has 0 bridgehead atoms. The Hall–Kier alpha value is -2.14. The van der Waals surface area contributed by atoms with Crippen molar-refractivity contribution in [3.63, 3.8) is 0 Å². The van der Waals surface area contributed by atoms with Crippen molar-refractivity contribution in [2.24, 2.45) is 0 Å². The fourth-order valence-corrected chi connectivity index (χ4v) is 7.62. The minimum atomic E-state index is -0.777. The molecule has 0 aromatic heterocycles. The summed E-state index contributed by atoms with van der Waals surface area (Å²) in [5.74, 6) is -0.591. The van der Waals surface area contributed by atoms with E-state index in [2.05, 4.69) is 62.5 Å². The van der Waals surface area contributed by atoms with Crippen molar-refractivity contribution in [3.8, 4) is 0 Å². The summed E-state index contributed by atoms with van der Waals surface area (Å²) in [5, 5.41) is 9.63. The van der Waals surface area contributed by atoms with Crippen molar-refractivity contribution < 1.29 is 24.2 Å². The fourth-order valence-electron chi connectivity index (χ4n) is 7.62. The van der Waals surface area contributed by atoms with Crippen LogP contribution < -0.4 is 0 Å². The lowest BCUT2D eigenvalue weighted by Gasteiger charge is -2.15. The maximum atomic E-state index is 12.3. The molecule has 0 saturated heterocycles. The number of rotatable bonds is 48. The largest absolute Gasteiger partial charge is 0.462 e. The van der Waals surface area contributed by atoms with Crippen LogP contribution in [0.15, 0.2) is 48.6 Å². The highest BCUT2D eigenvalue weighted by atomic mass is 16.6. The van der Waals surface area contributed by atoms with Crippen LogP contribution in [0.2, 0.25) is 0 Å². The molecule has 0 heterocycles. The van der Waals surface area contributed by atoms with Crippen molar-refractivity contribution >= 4 is 11.9 Å². The number of hydrogen-bond acceptors (Lipinski definition) is 5. The Bertz CT molecular complexity index is 997. The van der Waals surface area contributed by atoms with Gasteiger partial charge in [0.25, 0.3) is 0 Å². The monoisotopic (exact) mass is 841 g/mol. The van der Waals surface area contributed by atoms with Gasteiger partial charge < -0.3 is 14.6 Å². The molecule has 0 aromatic carbocycles. The molecule has 0 aliphatic heterocycles. The molecule has 0 aliphatic carbocycles. The molecule has 1 unspecified atom stereocenters. The number of hydrogen-bond donors (Lipinski definition) is 1. The van der Waals surface area contributed by atoms with Gasteiger partial charge in [-0.05, 0) is 77.0 Å². The summed E-state index contributed by atoms with van der Waals surface area (Å²) >= 11 is 0. The summed E-state index contributed by atoms with van der Waals surface area (Å²) in [5.41, 5.74) is 0. The topological polar surface area (TPSA) is 72.8 Å². The predicted octanol–water partition coefficient (Wildman–Crippen LogP) is 17.3. The van der Waals surface area contributed by atoms with Crippen LogP contribution in [-0.2, 0) is 19.1 Å². The van der Waals surface area contributed by atoms with Gasteiger partial charge >= 0.3 is 11.9 Å². The highest BCUT2D eigenvalue weighted by Crippen LogP contribution is 2.15. The quantitative estimate of drug-likeness (QED) is 0.0375. The number of esters is 2. The lowest BCUT2D eigenvalue weighted by Crippen LogP contribution is -2.28. The smallest absolute Gasteiger partial charge is 0.306 e. The number of unbranched alkanes of at least 4 members (excludes halogenated alkanes) is 32. The van der Waals surface area contributed by atoms with Crippen LogP contribution in [-0.4, -0.2) is 36.4 Å². The van der Waals surface area contributed by atoms with Gasteiger partial charge in [0, 0.05) is 12.8 Å². The third kappa shape index (κ3) is 48.5. The molecule has 0 amide bonds. The second-order valence-electron chi connectivity index (χ2n) is 17.6. The first-order valence-corrected chi connectivity index (χ1v) is 26.2. The molecule has 0 saturated carbocycles. The number of carbonyl (C=O) groups is 2. The molecule has 60 heavy (non-hydrogen) atoms. The normalized spacial score (nSPS) is 12.5. The molecular weight excluding hydrogens is 741 g/mol. The Morgan fingerprint density at radius 2 is 0.667 bits per heavy atom. The average Bonchev–Trinajstić information content (AvgIpc) is 3.25. The summed E-state index contributed by atoms with van der Waals surface area (Å²) in [6.07, 6.45) is 66.3. The van der Waals surface area contributed by atoms with Gasteiger partial charge in [-0.25, -0.2) is 0 Å². The maximum absolute atomic E-state index is 12.3. The van der Waals surface area contributed by atoms with E-state index in [1.165, 1.54) is 193 Å². The minimum absolute atomic E-state index is 0.0683. The van der Waals surface area contributed by atoms with Crippen LogP contribution in [0.5, 0.6) is 0 Å². The summed E-state index contributed by atoms with van der Waals surface area (Å²) in [4.78, 5) is 24.5. The zero-order chi connectivity index (χ0) is 43.5. The van der Waals surface area contributed by atoms with Gasteiger partial charge in [-0.1, -0.05) is 229 Å². The first-order valence-electron chi connectivity index (χ1n) is 26.2. The lowest BCUT2D eigenvalue weighted by molar-refractivity contribution is -0.161. The van der Waals surface area contributed by atoms with Crippen LogP contribution in [0.4, 0.5) is 0 Å². The molecule has 350 valence electrons. The summed E-state index contributed by atoms with van der Waals surface area (Å²) in [6.45, 7) is 4.15. The number of aliphatic hydroxyl groups is 1. The predicted molar refractivity (Wildman–Crippen MR) is 261 cm³/mol. The second-order valence-corrected chi connectivity index (χ2v) is 17.6. The van der Waals surface area contributed by atoms with Gasteiger partial charge in [0.15, 0.2) is 6.10 Å². The molecule has 0 radical (unpaired) electrons. The van der Waals surface area contributed by atoms with Gasteiger partial charge in [-0.2, -0.15) is 0 Å². The van der Waals surface area contributed by atoms with Crippen LogP contribution in [0.3, 0.4) is 0 Å². The minimum Gasteiger partial charge on any atom is -0.462 e. The van der Waals surface area contributed by atoms with Gasteiger partial charge in [0.1, 0.15) is 6.61 Å². The summed E-state index contributed by atoms with van der Waals surface area (Å²) < 4.78 is 10.7. The van der Waals surface area contributed by atoms with E-state index in [1.54, 1.807) is 0 Å². The molecule has 1 atom stereocenters. The Kier molecular flexibility index (Phi) is 49.4. The Balaban J connectivity index is 3.51. The number of aliphatic hydroxyl groups excluding tert-OH is 1. The average molecular weight is 841 g/mol. The molecule has 0 aliphatic rings. The SMILES string of the molecule is CCCCCCC/C=C\C/C=C\C/C=C\CCCCCCCCCCC(=O)OC(CO)COC(=O)CCCCCCCCCCCCC/C=C\CCCCCCCCCC. The van der Waals surface area contributed by atoms with Crippen LogP contribution in [0, 0.1) is 0 Å². The molecule has 0 fully saturated rings. The third-order valence-electron chi connectivity index (χ3n) is 11.6. The van der Waals surface area contributed by atoms with E-state index >= 15 is 0 Å². The zero-order valence-electron chi connectivity index (χ0n) is 40.0. The Morgan fingerprint density at radius 3 is 1.02 bits per heavy atom. The van der Waals surface area contributed by atoms with E-state index in [-0.39, 0.29) is 25.2 Å². The first-order chi connectivity index (χ1) is 29.6. The van der Waals surface area contributed by atoms with E-state index in [9.17, 15) is 14.7 Å². The maximum Gasteiger partial charge on any atom is 0.306 e. The van der Waals surface area contributed by atoms with Crippen LogP contribution >= 0.6 is 0 Å². The zero-order valence-corrected chi connectivity index (χ0v) is 40.0. The van der Waals surface area contributed by atoms with Crippen LogP contribution in [0.1, 0.15) is 271 Å². The van der Waals surface area contributed by atoms with E-state index < -0.39 is 6.10 Å². The van der Waals surface area contributed by atoms with Crippen molar-refractivity contribution in [2.75, 3.05) is 13.2 Å².